The lowest BCUT2D eigenvalue weighted by molar-refractivity contribution is -0.120. The average molecular weight is 164 g/mol. The highest BCUT2D eigenvalue weighted by atomic mass is 16.1. The van der Waals surface area contributed by atoms with Gasteiger partial charge in [-0.3, -0.25) is 4.79 Å². The summed E-state index contributed by atoms with van der Waals surface area (Å²) in [7, 11) is 0. The molecule has 1 amide bonds. The van der Waals surface area contributed by atoms with Crippen molar-refractivity contribution >= 4 is 11.6 Å². The molecular weight excluding hydrogens is 152 g/mol. The van der Waals surface area contributed by atoms with E-state index in [4.69, 9.17) is 5.73 Å². The van der Waals surface area contributed by atoms with E-state index in [1.165, 1.54) is 5.57 Å². The van der Waals surface area contributed by atoms with Crippen LogP contribution in [0.15, 0.2) is 16.6 Å². The molecule has 1 saturated carbocycles. The number of amides is 1. The molecule has 1 atom stereocenters. The third-order valence-corrected chi connectivity index (χ3v) is 2.45. The van der Waals surface area contributed by atoms with E-state index in [1.54, 1.807) is 0 Å². The number of fused-ring (bicyclic) bond motifs is 1. The first-order chi connectivity index (χ1) is 5.81. The highest BCUT2D eigenvalue weighted by Crippen LogP contribution is 2.27. The van der Waals surface area contributed by atoms with Gasteiger partial charge in [0.05, 0.1) is 5.92 Å². The van der Waals surface area contributed by atoms with Gasteiger partial charge in [0.2, 0.25) is 0 Å². The van der Waals surface area contributed by atoms with Crippen molar-refractivity contribution in [1.82, 2.24) is 0 Å². The van der Waals surface area contributed by atoms with Gasteiger partial charge < -0.3 is 5.73 Å². The molecule has 0 radical (unpaired) electrons. The molecule has 1 heterocycles. The zero-order valence-electron chi connectivity index (χ0n) is 6.92. The Bertz CT molecular complexity index is 278. The number of nitrogens with zero attached hydrogens (tertiary/aromatic N) is 1. The number of nitrogens with two attached hydrogens (primary N) is 1. The number of carbonyl (C=O) groups is 1. The highest BCUT2D eigenvalue weighted by Gasteiger charge is 2.25. The van der Waals surface area contributed by atoms with Crippen LogP contribution in [0.3, 0.4) is 0 Å². The summed E-state index contributed by atoms with van der Waals surface area (Å²) in [5, 5.41) is 0. The molecular formula is C9H12N2O. The van der Waals surface area contributed by atoms with E-state index in [0.29, 0.717) is 6.54 Å². The van der Waals surface area contributed by atoms with Crippen molar-refractivity contribution in [3.63, 3.8) is 0 Å². The number of dihydropyridines is 1. The van der Waals surface area contributed by atoms with Gasteiger partial charge in [-0.1, -0.05) is 6.08 Å². The van der Waals surface area contributed by atoms with Crippen LogP contribution in [0.1, 0.15) is 19.3 Å². The van der Waals surface area contributed by atoms with Crippen molar-refractivity contribution in [3.05, 3.63) is 11.6 Å². The first-order valence-electron chi connectivity index (χ1n) is 4.34. The molecule has 0 aromatic rings. The van der Waals surface area contributed by atoms with Gasteiger partial charge in [-0.25, -0.2) is 4.99 Å². The van der Waals surface area contributed by atoms with E-state index in [9.17, 15) is 4.79 Å². The van der Waals surface area contributed by atoms with Crippen LogP contribution in [0.5, 0.6) is 0 Å². The zero-order chi connectivity index (χ0) is 8.55. The Balaban J connectivity index is 2.29. The average Bonchev–Trinajstić information content (AvgIpc) is 2.49. The van der Waals surface area contributed by atoms with Crippen LogP contribution in [0.2, 0.25) is 0 Å². The first kappa shape index (κ1) is 7.68. The predicted molar refractivity (Wildman–Crippen MR) is 46.9 cm³/mol. The Hall–Kier alpha value is -0.960. The molecule has 0 spiro atoms. The fourth-order valence-electron chi connectivity index (χ4n) is 1.76. The van der Waals surface area contributed by atoms with Crippen LogP contribution in [-0.2, 0) is 4.79 Å². The Morgan fingerprint density at radius 2 is 2.42 bits per heavy atom. The van der Waals surface area contributed by atoms with E-state index in [1.807, 2.05) is 6.08 Å². The molecule has 0 aromatic carbocycles. The molecule has 1 unspecified atom stereocenters. The number of rotatable bonds is 1. The summed E-state index contributed by atoms with van der Waals surface area (Å²) in [5.41, 5.74) is 7.70. The molecule has 2 N–H and O–H groups in total. The largest absolute Gasteiger partial charge is 0.329 e. The minimum absolute atomic E-state index is 0.0573. The fraction of sp³-hybridized carbons (Fsp3) is 0.556. The minimum Gasteiger partial charge on any atom is -0.329 e. The Kier molecular flexibility index (Phi) is 1.81. The molecule has 64 valence electrons. The smallest absolute Gasteiger partial charge is 0.254 e. The molecule has 1 aliphatic heterocycles. The predicted octanol–water partition coefficient (Wildman–Crippen LogP) is 0.653. The van der Waals surface area contributed by atoms with Gasteiger partial charge in [-0.05, 0) is 24.8 Å². The molecule has 3 nitrogen and oxygen atoms in total. The molecule has 0 aromatic heterocycles. The number of hydrogen-bond donors (Lipinski definition) is 1. The second-order valence-electron chi connectivity index (χ2n) is 3.28. The molecule has 3 heteroatoms. The van der Waals surface area contributed by atoms with Crippen molar-refractivity contribution < 1.29 is 4.79 Å². The number of hydrogen-bond acceptors (Lipinski definition) is 2. The van der Waals surface area contributed by atoms with Crippen molar-refractivity contribution in [1.29, 1.82) is 0 Å². The maximum Gasteiger partial charge on any atom is 0.254 e. The third-order valence-electron chi connectivity index (χ3n) is 2.45. The minimum atomic E-state index is -0.151. The SMILES string of the molecule is NCC1C=C2CCCC2=NC1=O. The van der Waals surface area contributed by atoms with Crippen LogP contribution in [0.25, 0.3) is 0 Å². The first-order valence-corrected chi connectivity index (χ1v) is 4.34. The lowest BCUT2D eigenvalue weighted by Crippen LogP contribution is -2.25. The summed E-state index contributed by atoms with van der Waals surface area (Å²) in [5.74, 6) is -0.208. The summed E-state index contributed by atoms with van der Waals surface area (Å²) in [4.78, 5) is 15.3. The fourth-order valence-corrected chi connectivity index (χ4v) is 1.76. The molecule has 12 heavy (non-hydrogen) atoms. The maximum absolute atomic E-state index is 11.3. The topological polar surface area (TPSA) is 55.4 Å². The van der Waals surface area contributed by atoms with Gasteiger partial charge in [0.25, 0.3) is 5.91 Å². The van der Waals surface area contributed by atoms with Gasteiger partial charge in [0.15, 0.2) is 0 Å². The molecule has 0 bridgehead atoms. The van der Waals surface area contributed by atoms with Gasteiger partial charge in [0.1, 0.15) is 0 Å². The Morgan fingerprint density at radius 1 is 1.58 bits per heavy atom. The second kappa shape index (κ2) is 2.83. The number of aliphatic imine (C=N–C) groups is 1. The number of carbonyl (C=O) groups excluding carboxylic acids is 1. The highest BCUT2D eigenvalue weighted by molar-refractivity contribution is 6.10. The van der Waals surface area contributed by atoms with E-state index >= 15 is 0 Å². The van der Waals surface area contributed by atoms with Crippen LogP contribution in [-0.4, -0.2) is 18.2 Å². The summed E-state index contributed by atoms with van der Waals surface area (Å²) in [6.45, 7) is 0.388. The number of allylic oxidation sites excluding steroid dienone is 1. The van der Waals surface area contributed by atoms with Gasteiger partial charge in [-0.2, -0.15) is 0 Å². The van der Waals surface area contributed by atoms with Crippen LogP contribution in [0, 0.1) is 5.92 Å². The molecule has 0 saturated heterocycles. The van der Waals surface area contributed by atoms with Crippen LogP contribution in [0.4, 0.5) is 0 Å². The Labute approximate surface area is 71.4 Å². The molecule has 1 fully saturated rings. The van der Waals surface area contributed by atoms with Crippen molar-refractivity contribution in [2.24, 2.45) is 16.6 Å². The second-order valence-corrected chi connectivity index (χ2v) is 3.28. The van der Waals surface area contributed by atoms with E-state index in [0.717, 1.165) is 25.0 Å². The molecule has 2 aliphatic rings. The van der Waals surface area contributed by atoms with Crippen molar-refractivity contribution in [2.45, 2.75) is 19.3 Å². The zero-order valence-corrected chi connectivity index (χ0v) is 6.92. The van der Waals surface area contributed by atoms with Crippen LogP contribution < -0.4 is 5.73 Å². The summed E-state index contributed by atoms with van der Waals surface area (Å²) < 4.78 is 0. The standard InChI is InChI=1S/C9H12N2O/c10-5-7-4-6-2-1-3-8(6)11-9(7)12/h4,7H,1-3,5,10H2. The lowest BCUT2D eigenvalue weighted by Gasteiger charge is -2.13. The Morgan fingerprint density at radius 3 is 3.17 bits per heavy atom. The van der Waals surface area contributed by atoms with Crippen molar-refractivity contribution in [3.8, 4) is 0 Å². The summed E-state index contributed by atoms with van der Waals surface area (Å²) in [6.07, 6.45) is 5.17. The quantitative estimate of drug-likeness (QED) is 0.618. The monoisotopic (exact) mass is 164 g/mol. The third kappa shape index (κ3) is 1.10. The molecule has 1 aliphatic carbocycles. The van der Waals surface area contributed by atoms with E-state index in [-0.39, 0.29) is 11.8 Å². The lowest BCUT2D eigenvalue weighted by atomic mass is 10.00. The summed E-state index contributed by atoms with van der Waals surface area (Å²) in [6, 6.07) is 0. The normalized spacial score (nSPS) is 28.1. The van der Waals surface area contributed by atoms with Gasteiger partial charge >= 0.3 is 0 Å². The maximum atomic E-state index is 11.3. The van der Waals surface area contributed by atoms with E-state index in [2.05, 4.69) is 4.99 Å². The van der Waals surface area contributed by atoms with Crippen LogP contribution >= 0.6 is 0 Å². The molecule has 2 rings (SSSR count). The van der Waals surface area contributed by atoms with Gasteiger partial charge in [0, 0.05) is 12.3 Å². The summed E-state index contributed by atoms with van der Waals surface area (Å²) >= 11 is 0. The van der Waals surface area contributed by atoms with Gasteiger partial charge in [-0.15, -0.1) is 0 Å². The van der Waals surface area contributed by atoms with E-state index < -0.39 is 0 Å². The van der Waals surface area contributed by atoms with Crippen molar-refractivity contribution in [2.75, 3.05) is 6.54 Å².